The van der Waals surface area contributed by atoms with Gasteiger partial charge in [-0.05, 0) is 56.7 Å². The Morgan fingerprint density at radius 1 is 1.04 bits per heavy atom. The number of likely N-dealkylation sites (tertiary alicyclic amines) is 1. The van der Waals surface area contributed by atoms with Gasteiger partial charge in [0, 0.05) is 63.4 Å². The lowest BCUT2D eigenvalue weighted by Gasteiger charge is -2.38. The average molecular weight is 740 g/mol. The number of hydrogen-bond acceptors (Lipinski definition) is 12. The Hall–Kier alpha value is -5.45. The molecule has 1 aromatic carbocycles. The summed E-state index contributed by atoms with van der Waals surface area (Å²) in [7, 11) is 5.23. The summed E-state index contributed by atoms with van der Waals surface area (Å²) < 4.78 is 2.00. The number of fused-ring (bicyclic) bond motifs is 3. The van der Waals surface area contributed by atoms with Crippen molar-refractivity contribution >= 4 is 29.1 Å². The van der Waals surface area contributed by atoms with Gasteiger partial charge in [0.2, 0.25) is 5.91 Å². The number of benzene rings is 1. The SMILES string of the molecule is CCC1c2c(cnn2C2CCN(C(O)(O)c3cccc(C(=O)N(C)C)n3)C2)-c2cccc(NC(/C=C(\N)NC(=O)C3CC3)=C(/N)C(=O)NC3CC3)c2N1C. The number of allylic oxidation sites excluding steroid dienone is 1. The summed E-state index contributed by atoms with van der Waals surface area (Å²) in [5.74, 6) is -3.30. The predicted molar refractivity (Wildman–Crippen MR) is 202 cm³/mol. The summed E-state index contributed by atoms with van der Waals surface area (Å²) in [4.78, 5) is 47.6. The van der Waals surface area contributed by atoms with Crippen LogP contribution in [0.2, 0.25) is 0 Å². The second-order valence-electron chi connectivity index (χ2n) is 14.8. The number of para-hydroxylation sites is 1. The zero-order valence-corrected chi connectivity index (χ0v) is 31.0. The molecular weight excluding hydrogens is 690 g/mol. The van der Waals surface area contributed by atoms with E-state index in [2.05, 4.69) is 32.8 Å². The van der Waals surface area contributed by atoms with E-state index in [9.17, 15) is 24.6 Å². The third kappa shape index (κ3) is 7.11. The van der Waals surface area contributed by atoms with Gasteiger partial charge in [-0.25, -0.2) is 9.88 Å². The topological polar surface area (TPSA) is 220 Å². The molecule has 2 aromatic heterocycles. The Labute approximate surface area is 313 Å². The largest absolute Gasteiger partial charge is 0.393 e. The Morgan fingerprint density at radius 3 is 2.46 bits per heavy atom. The smallest absolute Gasteiger partial charge is 0.271 e. The highest BCUT2D eigenvalue weighted by molar-refractivity contribution is 5.97. The molecule has 3 aromatic rings. The summed E-state index contributed by atoms with van der Waals surface area (Å²) in [5, 5.41) is 36.7. The van der Waals surface area contributed by atoms with Crippen LogP contribution in [0, 0.1) is 5.92 Å². The Balaban J connectivity index is 1.18. The number of carbonyl (C=O) groups excluding carboxylic acids is 3. The van der Waals surface area contributed by atoms with Crippen molar-refractivity contribution in [1.29, 1.82) is 0 Å². The van der Waals surface area contributed by atoms with Gasteiger partial charge in [-0.1, -0.05) is 25.1 Å². The molecule has 286 valence electrons. The zero-order valence-electron chi connectivity index (χ0n) is 31.0. The molecule has 7 rings (SSSR count). The van der Waals surface area contributed by atoms with Gasteiger partial charge in [-0.3, -0.25) is 19.1 Å². The maximum atomic E-state index is 13.2. The lowest BCUT2D eigenvalue weighted by Crippen LogP contribution is -2.46. The number of nitrogens with two attached hydrogens (primary N) is 2. The van der Waals surface area contributed by atoms with Crippen molar-refractivity contribution in [3.63, 3.8) is 0 Å². The van der Waals surface area contributed by atoms with E-state index in [1.165, 1.54) is 17.0 Å². The number of hydrogen-bond donors (Lipinski definition) is 7. The van der Waals surface area contributed by atoms with Crippen LogP contribution in [-0.2, 0) is 15.5 Å². The van der Waals surface area contributed by atoms with Crippen molar-refractivity contribution in [2.75, 3.05) is 44.4 Å². The Morgan fingerprint density at radius 2 is 1.78 bits per heavy atom. The monoisotopic (exact) mass is 739 g/mol. The van der Waals surface area contributed by atoms with Crippen LogP contribution >= 0.6 is 0 Å². The first-order valence-corrected chi connectivity index (χ1v) is 18.5. The third-order valence-corrected chi connectivity index (χ3v) is 10.6. The van der Waals surface area contributed by atoms with Crippen molar-refractivity contribution in [3.05, 3.63) is 83.0 Å². The van der Waals surface area contributed by atoms with E-state index < -0.39 is 11.8 Å². The fraction of sp³-hybridized carbons (Fsp3) is 0.447. The molecule has 2 aliphatic carbocycles. The number of amides is 3. The minimum Gasteiger partial charge on any atom is -0.393 e. The van der Waals surface area contributed by atoms with E-state index in [0.717, 1.165) is 54.6 Å². The third-order valence-electron chi connectivity index (χ3n) is 10.6. The molecule has 1 saturated heterocycles. The summed E-state index contributed by atoms with van der Waals surface area (Å²) >= 11 is 0. The summed E-state index contributed by atoms with van der Waals surface area (Å²) in [6, 6.07) is 10.3. The van der Waals surface area contributed by atoms with Gasteiger partial charge >= 0.3 is 0 Å². The first kappa shape index (κ1) is 36.9. The lowest BCUT2D eigenvalue weighted by atomic mass is 9.91. The van der Waals surface area contributed by atoms with Crippen LogP contribution in [0.25, 0.3) is 11.1 Å². The van der Waals surface area contributed by atoms with Gasteiger partial charge < -0.3 is 47.4 Å². The maximum Gasteiger partial charge on any atom is 0.271 e. The molecular formula is C38H49N11O5. The van der Waals surface area contributed by atoms with Crippen LogP contribution in [0.1, 0.15) is 79.4 Å². The molecule has 0 bridgehead atoms. The summed E-state index contributed by atoms with van der Waals surface area (Å²) in [6.07, 6.45) is 8.10. The summed E-state index contributed by atoms with van der Waals surface area (Å²) in [6.45, 7) is 2.74. The highest BCUT2D eigenvalue weighted by atomic mass is 16.5. The minimum atomic E-state index is -2.40. The van der Waals surface area contributed by atoms with E-state index in [0.29, 0.717) is 18.7 Å². The van der Waals surface area contributed by atoms with Gasteiger partial charge in [0.15, 0.2) is 0 Å². The molecule has 4 aliphatic rings. The average Bonchev–Trinajstić information content (AvgIpc) is 4.07. The maximum absolute atomic E-state index is 13.2. The van der Waals surface area contributed by atoms with Crippen LogP contribution in [-0.4, -0.2) is 92.8 Å². The van der Waals surface area contributed by atoms with Crippen molar-refractivity contribution < 1.29 is 24.6 Å². The van der Waals surface area contributed by atoms with Crippen LogP contribution in [0.4, 0.5) is 11.4 Å². The highest BCUT2D eigenvalue weighted by Gasteiger charge is 2.43. The number of rotatable bonds is 12. The molecule has 54 heavy (non-hydrogen) atoms. The van der Waals surface area contributed by atoms with E-state index in [4.69, 9.17) is 16.6 Å². The zero-order chi connectivity index (χ0) is 38.5. The molecule has 2 unspecified atom stereocenters. The standard InChI is InChI=1S/C38H49N11O5/c1-5-29-34-25(19-41-49(34)23-16-17-48(20-23)38(53,54)30-11-7-10-27(44-30)37(52)46(2)3)24-8-6-9-26(33(24)47(29)4)43-28(32(40)36(51)42-22-14-15-22)18-31(39)45-35(50)21-12-13-21/h6-11,18-19,21-23,29,43,53-54H,5,12-17,20,39-40H2,1-4H3,(H,42,51)(H,45,50)/b31-18+,32-28+. The van der Waals surface area contributed by atoms with E-state index in [-0.39, 0.29) is 71.0 Å². The van der Waals surface area contributed by atoms with Gasteiger partial charge in [-0.15, -0.1) is 0 Å². The molecule has 0 spiro atoms. The van der Waals surface area contributed by atoms with E-state index >= 15 is 0 Å². The molecule has 16 nitrogen and oxygen atoms in total. The van der Waals surface area contributed by atoms with Crippen molar-refractivity contribution in [1.82, 2.24) is 35.2 Å². The fourth-order valence-corrected chi connectivity index (χ4v) is 7.33. The quantitative estimate of drug-likeness (QED) is 0.0803. The molecule has 2 atom stereocenters. The van der Waals surface area contributed by atoms with E-state index in [1.807, 2.05) is 36.1 Å². The predicted octanol–water partition coefficient (Wildman–Crippen LogP) is 1.78. The normalized spacial score (nSPS) is 20.5. The molecule has 3 fully saturated rings. The Bertz CT molecular complexity index is 2030. The molecule has 4 heterocycles. The number of pyridine rings is 1. The number of anilines is 2. The van der Waals surface area contributed by atoms with Gasteiger partial charge in [0.1, 0.15) is 22.9 Å². The van der Waals surface area contributed by atoms with Crippen molar-refractivity contribution in [2.24, 2.45) is 17.4 Å². The molecule has 16 heteroatoms. The van der Waals surface area contributed by atoms with Crippen molar-refractivity contribution in [2.45, 2.75) is 69.5 Å². The number of aliphatic hydroxyl groups is 2. The van der Waals surface area contributed by atoms with Crippen LogP contribution < -0.4 is 32.3 Å². The number of nitrogens with one attached hydrogen (secondary N) is 3. The van der Waals surface area contributed by atoms with Crippen LogP contribution in [0.3, 0.4) is 0 Å². The lowest BCUT2D eigenvalue weighted by molar-refractivity contribution is -0.272. The molecule has 3 amide bonds. The highest BCUT2D eigenvalue weighted by Crippen LogP contribution is 2.50. The second kappa shape index (κ2) is 14.4. The number of aromatic nitrogens is 3. The Kier molecular flexibility index (Phi) is 9.85. The van der Waals surface area contributed by atoms with Crippen molar-refractivity contribution in [3.8, 4) is 11.1 Å². The van der Waals surface area contributed by atoms with Crippen LogP contribution in [0.5, 0.6) is 0 Å². The van der Waals surface area contributed by atoms with Gasteiger partial charge in [0.25, 0.3) is 17.7 Å². The van der Waals surface area contributed by atoms with E-state index in [1.54, 1.807) is 31.1 Å². The first-order valence-electron chi connectivity index (χ1n) is 18.5. The molecule has 2 aliphatic heterocycles. The second-order valence-corrected chi connectivity index (χ2v) is 14.8. The minimum absolute atomic E-state index is 0.0283. The molecule has 0 radical (unpaired) electrons. The number of nitrogens with zero attached hydrogens (tertiary/aromatic N) is 6. The van der Waals surface area contributed by atoms with Gasteiger partial charge in [-0.2, -0.15) is 5.10 Å². The fourth-order valence-electron chi connectivity index (χ4n) is 7.33. The first-order chi connectivity index (χ1) is 25.8. The molecule has 9 N–H and O–H groups in total. The number of carbonyl (C=O) groups is 3. The molecule has 2 saturated carbocycles. The van der Waals surface area contributed by atoms with Gasteiger partial charge in [0.05, 0.1) is 41.0 Å². The van der Waals surface area contributed by atoms with Crippen LogP contribution in [0.15, 0.2) is 65.9 Å². The summed E-state index contributed by atoms with van der Waals surface area (Å²) in [5.41, 5.74) is 17.4.